The second-order valence-electron chi connectivity index (χ2n) is 6.00. The molecule has 0 amide bonds. The largest absolute Gasteiger partial charge is 0.459 e. The third-order valence-corrected chi connectivity index (χ3v) is 5.02. The van der Waals surface area contributed by atoms with Crippen molar-refractivity contribution in [1.82, 2.24) is 9.29 Å². The van der Waals surface area contributed by atoms with Gasteiger partial charge in [0.15, 0.2) is 0 Å². The van der Waals surface area contributed by atoms with Gasteiger partial charge in [-0.05, 0) is 45.7 Å². The molecule has 1 aliphatic heterocycles. The topological polar surface area (TPSA) is 76.6 Å². The third kappa shape index (κ3) is 3.59. The molecular formula is C14H20N2O4S. The van der Waals surface area contributed by atoms with Crippen LogP contribution in [0.3, 0.4) is 0 Å². The summed E-state index contributed by atoms with van der Waals surface area (Å²) in [6.07, 6.45) is 3.92. The van der Waals surface area contributed by atoms with Crippen molar-refractivity contribution in [3.63, 3.8) is 0 Å². The normalized spacial score (nSPS) is 20.4. The second kappa shape index (κ2) is 5.73. The molecule has 116 valence electrons. The Balaban J connectivity index is 2.25. The molecule has 0 unspecified atom stereocenters. The van der Waals surface area contributed by atoms with Crippen LogP contribution < -0.4 is 0 Å². The van der Waals surface area contributed by atoms with E-state index in [-0.39, 0.29) is 4.90 Å². The smallest absolute Gasteiger partial charge is 0.324 e. The number of hydrogen-bond acceptors (Lipinski definition) is 5. The van der Waals surface area contributed by atoms with Gasteiger partial charge < -0.3 is 4.74 Å². The summed E-state index contributed by atoms with van der Waals surface area (Å²) in [6.45, 7) is 5.61. The SMILES string of the molecule is CC(C)(C)OC(=O)[C@@H]1CCCN1S(=O)(=O)c1cccnc1. The number of ether oxygens (including phenoxy) is 1. The average Bonchev–Trinajstić information content (AvgIpc) is 2.88. The average molecular weight is 312 g/mol. The van der Waals surface area contributed by atoms with Crippen LogP contribution in [0.5, 0.6) is 0 Å². The first-order valence-corrected chi connectivity index (χ1v) is 8.30. The molecule has 0 saturated carbocycles. The van der Waals surface area contributed by atoms with Gasteiger partial charge in [-0.15, -0.1) is 0 Å². The van der Waals surface area contributed by atoms with Crippen LogP contribution in [0.15, 0.2) is 29.4 Å². The van der Waals surface area contributed by atoms with Crippen molar-refractivity contribution in [2.24, 2.45) is 0 Å². The summed E-state index contributed by atoms with van der Waals surface area (Å²) in [7, 11) is -3.72. The molecule has 0 N–H and O–H groups in total. The van der Waals surface area contributed by atoms with E-state index in [4.69, 9.17) is 4.74 Å². The lowest BCUT2D eigenvalue weighted by Gasteiger charge is -2.26. The Labute approximate surface area is 125 Å². The number of nitrogens with zero attached hydrogens (tertiary/aromatic N) is 2. The minimum atomic E-state index is -3.72. The van der Waals surface area contributed by atoms with Crippen molar-refractivity contribution >= 4 is 16.0 Å². The van der Waals surface area contributed by atoms with Crippen LogP contribution in [-0.4, -0.2) is 41.9 Å². The summed E-state index contributed by atoms with van der Waals surface area (Å²) in [6, 6.07) is 2.28. The number of hydrogen-bond donors (Lipinski definition) is 0. The van der Waals surface area contributed by atoms with E-state index in [2.05, 4.69) is 4.98 Å². The molecule has 1 aromatic rings. The number of esters is 1. The molecule has 0 aromatic carbocycles. The monoisotopic (exact) mass is 312 g/mol. The number of rotatable bonds is 3. The van der Waals surface area contributed by atoms with Crippen molar-refractivity contribution in [2.45, 2.75) is 50.2 Å². The van der Waals surface area contributed by atoms with Crippen LogP contribution in [0.1, 0.15) is 33.6 Å². The van der Waals surface area contributed by atoms with Crippen LogP contribution in [0, 0.1) is 0 Å². The fourth-order valence-electron chi connectivity index (χ4n) is 2.27. The maximum atomic E-state index is 12.6. The molecule has 1 atom stereocenters. The molecule has 1 aromatic heterocycles. The van der Waals surface area contributed by atoms with Gasteiger partial charge in [0.25, 0.3) is 0 Å². The lowest BCUT2D eigenvalue weighted by atomic mass is 10.2. The van der Waals surface area contributed by atoms with E-state index in [1.807, 2.05) is 0 Å². The number of carbonyl (C=O) groups is 1. The molecule has 6 nitrogen and oxygen atoms in total. The van der Waals surface area contributed by atoms with E-state index < -0.39 is 27.6 Å². The molecule has 0 bridgehead atoms. The Hall–Kier alpha value is -1.47. The van der Waals surface area contributed by atoms with Gasteiger partial charge in [-0.3, -0.25) is 9.78 Å². The molecule has 1 aliphatic rings. The summed E-state index contributed by atoms with van der Waals surface area (Å²) in [5.74, 6) is -0.493. The van der Waals surface area contributed by atoms with E-state index in [0.29, 0.717) is 19.4 Å². The predicted molar refractivity (Wildman–Crippen MR) is 77.0 cm³/mol. The van der Waals surface area contributed by atoms with Crippen LogP contribution in [0.2, 0.25) is 0 Å². The first-order valence-electron chi connectivity index (χ1n) is 6.86. The minimum absolute atomic E-state index is 0.0976. The van der Waals surface area contributed by atoms with Crippen molar-refractivity contribution in [1.29, 1.82) is 0 Å². The maximum Gasteiger partial charge on any atom is 0.324 e. The van der Waals surface area contributed by atoms with Crippen LogP contribution in [0.25, 0.3) is 0 Å². The summed E-state index contributed by atoms with van der Waals surface area (Å²) < 4.78 is 31.7. The summed E-state index contributed by atoms with van der Waals surface area (Å²) in [4.78, 5) is 16.1. The summed E-state index contributed by atoms with van der Waals surface area (Å²) in [5, 5.41) is 0. The molecule has 0 radical (unpaired) electrons. The zero-order valence-electron chi connectivity index (χ0n) is 12.4. The van der Waals surface area contributed by atoms with Gasteiger partial charge >= 0.3 is 5.97 Å². The second-order valence-corrected chi connectivity index (χ2v) is 7.89. The molecule has 21 heavy (non-hydrogen) atoms. The van der Waals surface area contributed by atoms with Crippen molar-refractivity contribution in [3.8, 4) is 0 Å². The first-order chi connectivity index (χ1) is 9.72. The first kappa shape index (κ1) is 15.9. The van der Waals surface area contributed by atoms with E-state index in [1.165, 1.54) is 22.8 Å². The zero-order valence-corrected chi connectivity index (χ0v) is 13.3. The summed E-state index contributed by atoms with van der Waals surface area (Å²) >= 11 is 0. The number of carbonyl (C=O) groups excluding carboxylic acids is 1. The van der Waals surface area contributed by atoms with Gasteiger partial charge in [-0.1, -0.05) is 0 Å². The molecule has 2 heterocycles. The van der Waals surface area contributed by atoms with Crippen molar-refractivity contribution in [3.05, 3.63) is 24.5 Å². The third-order valence-electron chi connectivity index (χ3n) is 3.12. The predicted octanol–water partition coefficient (Wildman–Crippen LogP) is 1.58. The number of pyridine rings is 1. The Bertz CT molecular complexity index is 608. The van der Waals surface area contributed by atoms with Crippen molar-refractivity contribution in [2.75, 3.05) is 6.54 Å². The Kier molecular flexibility index (Phi) is 4.34. The highest BCUT2D eigenvalue weighted by Crippen LogP contribution is 2.27. The standard InChI is InChI=1S/C14H20N2O4S/c1-14(2,3)20-13(17)12-7-5-9-16(12)21(18,19)11-6-4-8-15-10-11/h4,6,8,10,12H,5,7,9H2,1-3H3/t12-/m0/s1. The summed E-state index contributed by atoms with van der Waals surface area (Å²) in [5.41, 5.74) is -0.636. The van der Waals surface area contributed by atoms with Gasteiger partial charge in [0.05, 0.1) is 0 Å². The highest BCUT2D eigenvalue weighted by molar-refractivity contribution is 7.89. The minimum Gasteiger partial charge on any atom is -0.459 e. The fraction of sp³-hybridized carbons (Fsp3) is 0.571. The van der Waals surface area contributed by atoms with Crippen molar-refractivity contribution < 1.29 is 17.9 Å². The molecule has 0 spiro atoms. The molecular weight excluding hydrogens is 292 g/mol. The van der Waals surface area contributed by atoms with E-state index in [1.54, 1.807) is 26.8 Å². The zero-order chi connectivity index (χ0) is 15.7. The molecule has 1 fully saturated rings. The maximum absolute atomic E-state index is 12.6. The van der Waals surface area contributed by atoms with Crippen LogP contribution in [0.4, 0.5) is 0 Å². The van der Waals surface area contributed by atoms with E-state index in [0.717, 1.165) is 0 Å². The highest BCUT2D eigenvalue weighted by atomic mass is 32.2. The van der Waals surface area contributed by atoms with Gasteiger partial charge in [0.1, 0.15) is 16.5 Å². The lowest BCUT2D eigenvalue weighted by Crippen LogP contribution is -2.43. The Morgan fingerprint density at radius 2 is 2.14 bits per heavy atom. The van der Waals surface area contributed by atoms with E-state index >= 15 is 0 Å². The Morgan fingerprint density at radius 1 is 1.43 bits per heavy atom. The number of sulfonamides is 1. The highest BCUT2D eigenvalue weighted by Gasteiger charge is 2.41. The lowest BCUT2D eigenvalue weighted by molar-refractivity contribution is -0.158. The fourth-order valence-corrected chi connectivity index (χ4v) is 3.88. The van der Waals surface area contributed by atoms with Gasteiger partial charge in [-0.2, -0.15) is 4.31 Å². The van der Waals surface area contributed by atoms with Gasteiger partial charge in [-0.25, -0.2) is 8.42 Å². The molecule has 2 rings (SSSR count). The van der Waals surface area contributed by atoms with Crippen LogP contribution >= 0.6 is 0 Å². The number of aromatic nitrogens is 1. The molecule has 0 aliphatic carbocycles. The molecule has 1 saturated heterocycles. The molecule has 7 heteroatoms. The van der Waals surface area contributed by atoms with Crippen LogP contribution in [-0.2, 0) is 19.6 Å². The van der Waals surface area contributed by atoms with Gasteiger partial charge in [0, 0.05) is 18.9 Å². The van der Waals surface area contributed by atoms with Gasteiger partial charge in [0.2, 0.25) is 10.0 Å². The Morgan fingerprint density at radius 3 is 2.71 bits per heavy atom. The van der Waals surface area contributed by atoms with E-state index in [9.17, 15) is 13.2 Å². The quantitative estimate of drug-likeness (QED) is 0.792.